The van der Waals surface area contributed by atoms with E-state index in [-0.39, 0.29) is 0 Å². The molecule has 1 heterocycles. The average molecular weight is 443 g/mol. The van der Waals surface area contributed by atoms with E-state index in [0.29, 0.717) is 0 Å². The molecule has 0 radical (unpaired) electrons. The van der Waals surface area contributed by atoms with Gasteiger partial charge in [0.05, 0.1) is 17.6 Å². The second-order valence-electron chi connectivity index (χ2n) is 7.85. The number of unbranched alkanes of at least 4 members (excludes halogenated alkanes) is 4. The minimum absolute atomic E-state index is 0.831. The monoisotopic (exact) mass is 442 g/mol. The van der Waals surface area contributed by atoms with Crippen LogP contribution in [-0.4, -0.2) is 9.97 Å². The molecule has 0 amide bonds. The molecule has 1 aromatic heterocycles. The van der Waals surface area contributed by atoms with Crippen molar-refractivity contribution in [2.45, 2.75) is 56.6 Å². The van der Waals surface area contributed by atoms with Crippen molar-refractivity contribution in [1.82, 2.24) is 9.97 Å². The van der Waals surface area contributed by atoms with Crippen LogP contribution in [0.4, 0.5) is 0 Å². The number of aromatic amines is 1. The van der Waals surface area contributed by atoms with Gasteiger partial charge in [-0.15, -0.1) is 11.8 Å². The van der Waals surface area contributed by atoms with E-state index in [1.54, 1.807) is 11.8 Å². The molecule has 0 saturated carbocycles. The van der Waals surface area contributed by atoms with Gasteiger partial charge < -0.3 is 4.98 Å². The Bertz CT molecular complexity index is 1000. The molecular weight excluding hydrogens is 408 g/mol. The van der Waals surface area contributed by atoms with Gasteiger partial charge >= 0.3 is 0 Å². The highest BCUT2D eigenvalue weighted by atomic mass is 32.2. The van der Waals surface area contributed by atoms with Crippen LogP contribution in [-0.2, 0) is 5.75 Å². The van der Waals surface area contributed by atoms with Crippen LogP contribution >= 0.6 is 11.8 Å². The average Bonchev–Trinajstić information content (AvgIpc) is 3.34. The molecule has 0 saturated heterocycles. The molecule has 0 unspecified atom stereocenters. The number of benzene rings is 3. The lowest BCUT2D eigenvalue weighted by atomic mass is 10.1. The van der Waals surface area contributed by atoms with E-state index in [1.165, 1.54) is 53.7 Å². The highest BCUT2D eigenvalue weighted by Crippen LogP contribution is 2.26. The molecule has 0 aliphatic heterocycles. The maximum Gasteiger partial charge on any atom is 0.116 e. The first-order valence-corrected chi connectivity index (χ1v) is 12.7. The largest absolute Gasteiger partial charge is 0.341 e. The standard InChI is InChI=1S/C22H18N2S.C7H16/c1-3-7-17(8-4-1)18-11-13-20(14-12-18)25-16-22-23-15-21(24-22)19-9-5-2-6-10-19;1-3-5-7-6-4-2/h1-15H,16H2,(H,23,24);3-7H2,1-2H3. The number of H-pyrrole nitrogens is 1. The minimum Gasteiger partial charge on any atom is -0.341 e. The summed E-state index contributed by atoms with van der Waals surface area (Å²) >= 11 is 1.79. The Morgan fingerprint density at radius 3 is 1.81 bits per heavy atom. The molecule has 0 atom stereocenters. The van der Waals surface area contributed by atoms with Crippen LogP contribution in [0.2, 0.25) is 0 Å². The lowest BCUT2D eigenvalue weighted by molar-refractivity contribution is 0.656. The molecule has 1 N–H and O–H groups in total. The number of hydrogen-bond donors (Lipinski definition) is 1. The lowest BCUT2D eigenvalue weighted by Crippen LogP contribution is -1.84. The smallest absolute Gasteiger partial charge is 0.116 e. The van der Waals surface area contributed by atoms with Crippen molar-refractivity contribution >= 4 is 11.8 Å². The number of thioether (sulfide) groups is 1. The van der Waals surface area contributed by atoms with Crippen molar-refractivity contribution in [1.29, 1.82) is 0 Å². The summed E-state index contributed by atoms with van der Waals surface area (Å²) in [6.45, 7) is 4.49. The second kappa shape index (κ2) is 13.6. The van der Waals surface area contributed by atoms with E-state index in [2.05, 4.69) is 84.5 Å². The summed E-state index contributed by atoms with van der Waals surface area (Å²) in [7, 11) is 0. The van der Waals surface area contributed by atoms with Gasteiger partial charge in [-0.25, -0.2) is 4.98 Å². The van der Waals surface area contributed by atoms with E-state index in [1.807, 2.05) is 30.5 Å². The maximum absolute atomic E-state index is 4.50. The molecule has 0 spiro atoms. The first-order valence-electron chi connectivity index (χ1n) is 11.7. The summed E-state index contributed by atoms with van der Waals surface area (Å²) in [6.07, 6.45) is 8.92. The summed E-state index contributed by atoms with van der Waals surface area (Å²) in [4.78, 5) is 9.15. The molecule has 0 bridgehead atoms. The summed E-state index contributed by atoms with van der Waals surface area (Å²) in [5.41, 5.74) is 4.72. The van der Waals surface area contributed by atoms with Crippen LogP contribution in [0.5, 0.6) is 0 Å². The quantitative estimate of drug-likeness (QED) is 0.207. The van der Waals surface area contributed by atoms with Crippen LogP contribution in [0.15, 0.2) is 96.0 Å². The zero-order chi connectivity index (χ0) is 22.4. The first-order chi connectivity index (χ1) is 15.8. The third kappa shape index (κ3) is 7.72. The number of aromatic nitrogens is 2. The van der Waals surface area contributed by atoms with Crippen LogP contribution < -0.4 is 0 Å². The lowest BCUT2D eigenvalue weighted by Gasteiger charge is -2.04. The zero-order valence-corrected chi connectivity index (χ0v) is 20.1. The SMILES string of the molecule is CCCCCCC.c1ccc(-c2ccc(SCc3ncc(-c4ccccc4)[nH]3)cc2)cc1. The zero-order valence-electron chi connectivity index (χ0n) is 19.3. The fourth-order valence-corrected chi connectivity index (χ4v) is 4.18. The van der Waals surface area contributed by atoms with Gasteiger partial charge in [0, 0.05) is 4.90 Å². The Morgan fingerprint density at radius 2 is 1.22 bits per heavy atom. The van der Waals surface area contributed by atoms with Crippen molar-refractivity contribution in [3.8, 4) is 22.4 Å². The second-order valence-corrected chi connectivity index (χ2v) is 8.90. The molecule has 4 aromatic rings. The Morgan fingerprint density at radius 1 is 0.656 bits per heavy atom. The first kappa shape index (κ1) is 23.9. The van der Waals surface area contributed by atoms with Gasteiger partial charge in [0.15, 0.2) is 0 Å². The van der Waals surface area contributed by atoms with Gasteiger partial charge in [-0.3, -0.25) is 0 Å². The molecule has 3 heteroatoms. The van der Waals surface area contributed by atoms with Crippen LogP contribution in [0.1, 0.15) is 51.8 Å². The van der Waals surface area contributed by atoms with E-state index < -0.39 is 0 Å². The third-order valence-electron chi connectivity index (χ3n) is 5.26. The molecule has 2 nitrogen and oxygen atoms in total. The predicted octanol–water partition coefficient (Wildman–Crippen LogP) is 9.01. The molecule has 0 aliphatic carbocycles. The van der Waals surface area contributed by atoms with Crippen LogP contribution in [0, 0.1) is 0 Å². The molecule has 166 valence electrons. The van der Waals surface area contributed by atoms with Crippen LogP contribution in [0.25, 0.3) is 22.4 Å². The molecule has 0 aliphatic rings. The van der Waals surface area contributed by atoms with E-state index in [9.17, 15) is 0 Å². The van der Waals surface area contributed by atoms with E-state index in [0.717, 1.165) is 17.3 Å². The highest BCUT2D eigenvalue weighted by molar-refractivity contribution is 7.98. The van der Waals surface area contributed by atoms with Gasteiger partial charge in [-0.2, -0.15) is 0 Å². The fraction of sp³-hybridized carbons (Fsp3) is 0.276. The van der Waals surface area contributed by atoms with Crippen LogP contribution in [0.3, 0.4) is 0 Å². The van der Waals surface area contributed by atoms with Gasteiger partial charge in [0.2, 0.25) is 0 Å². The number of imidazole rings is 1. The number of rotatable bonds is 9. The van der Waals surface area contributed by atoms with Crippen molar-refractivity contribution in [3.05, 3.63) is 97.0 Å². The Labute approximate surface area is 197 Å². The Balaban J connectivity index is 0.000000360. The number of nitrogens with zero attached hydrogens (tertiary/aromatic N) is 1. The number of hydrogen-bond acceptors (Lipinski definition) is 2. The summed E-state index contributed by atoms with van der Waals surface area (Å²) in [5.74, 6) is 1.83. The van der Waals surface area contributed by atoms with E-state index in [4.69, 9.17) is 0 Å². The van der Waals surface area contributed by atoms with Gasteiger partial charge in [0.1, 0.15) is 5.82 Å². The molecule has 32 heavy (non-hydrogen) atoms. The van der Waals surface area contributed by atoms with Gasteiger partial charge in [0.25, 0.3) is 0 Å². The van der Waals surface area contributed by atoms with Gasteiger partial charge in [-0.05, 0) is 28.8 Å². The third-order valence-corrected chi connectivity index (χ3v) is 6.28. The van der Waals surface area contributed by atoms with Crippen molar-refractivity contribution in [2.75, 3.05) is 0 Å². The van der Waals surface area contributed by atoms with E-state index >= 15 is 0 Å². The fourth-order valence-electron chi connectivity index (χ4n) is 3.40. The molecule has 4 rings (SSSR count). The topological polar surface area (TPSA) is 28.7 Å². The highest BCUT2D eigenvalue weighted by Gasteiger charge is 2.04. The summed E-state index contributed by atoms with van der Waals surface area (Å²) < 4.78 is 0. The predicted molar refractivity (Wildman–Crippen MR) is 140 cm³/mol. The molecule has 3 aromatic carbocycles. The summed E-state index contributed by atoms with van der Waals surface area (Å²) in [5, 5.41) is 0. The van der Waals surface area contributed by atoms with Crippen molar-refractivity contribution in [2.24, 2.45) is 0 Å². The Hall–Kier alpha value is -2.78. The molecular formula is C29H34N2S. The minimum atomic E-state index is 0.831. The van der Waals surface area contributed by atoms with Crippen molar-refractivity contribution < 1.29 is 0 Å². The van der Waals surface area contributed by atoms with Gasteiger partial charge in [-0.1, -0.05) is 119 Å². The summed E-state index contributed by atoms with van der Waals surface area (Å²) in [6, 6.07) is 29.4. The normalized spacial score (nSPS) is 10.4. The Kier molecular flexibility index (Phi) is 10.1. The maximum atomic E-state index is 4.50. The molecule has 0 fully saturated rings. The number of nitrogens with one attached hydrogen (secondary N) is 1. The van der Waals surface area contributed by atoms with Crippen molar-refractivity contribution in [3.63, 3.8) is 0 Å².